The normalized spacial score (nSPS) is 21.3. The number of hydrogen-bond acceptors (Lipinski definition) is 5. The van der Waals surface area contributed by atoms with Crippen molar-refractivity contribution < 1.29 is 19.1 Å². The number of rotatable bonds is 5. The van der Waals surface area contributed by atoms with E-state index in [0.717, 1.165) is 12.8 Å². The molecule has 5 nitrogen and oxygen atoms in total. The van der Waals surface area contributed by atoms with Gasteiger partial charge in [-0.2, -0.15) is 0 Å². The van der Waals surface area contributed by atoms with Gasteiger partial charge in [0.15, 0.2) is 0 Å². The number of carbonyl (C=O) groups excluding carboxylic acids is 2. The Labute approximate surface area is 117 Å². The summed E-state index contributed by atoms with van der Waals surface area (Å²) in [6.07, 6.45) is 1.67. The molecule has 2 rings (SSSR count). The van der Waals surface area contributed by atoms with Crippen LogP contribution in [0.25, 0.3) is 0 Å². The number of benzene rings is 1. The van der Waals surface area contributed by atoms with Gasteiger partial charge >= 0.3 is 11.9 Å². The zero-order valence-electron chi connectivity index (χ0n) is 11.6. The topological polar surface area (TPSA) is 65.0 Å². The molecule has 0 bridgehead atoms. The number of ether oxygens (including phenoxy) is 2. The molecule has 5 heteroatoms. The summed E-state index contributed by atoms with van der Waals surface area (Å²) in [7, 11) is 0. The van der Waals surface area contributed by atoms with Crippen molar-refractivity contribution in [2.75, 3.05) is 6.61 Å². The molecule has 106 valence electrons. The highest BCUT2D eigenvalue weighted by Gasteiger charge is 2.50. The van der Waals surface area contributed by atoms with E-state index in [1.165, 1.54) is 6.92 Å². The van der Waals surface area contributed by atoms with Crippen molar-refractivity contribution in [3.05, 3.63) is 35.9 Å². The maximum absolute atomic E-state index is 12.0. The molecule has 1 aliphatic heterocycles. The Morgan fingerprint density at radius 1 is 1.35 bits per heavy atom. The minimum absolute atomic E-state index is 0.158. The highest BCUT2D eigenvalue weighted by atomic mass is 16.6. The van der Waals surface area contributed by atoms with E-state index in [1.807, 2.05) is 13.0 Å². The monoisotopic (exact) mass is 275 g/mol. The molecule has 1 aliphatic rings. The van der Waals surface area contributed by atoms with Gasteiger partial charge in [-0.15, -0.1) is 0 Å². The third kappa shape index (κ3) is 2.71. The van der Waals surface area contributed by atoms with Gasteiger partial charge in [0, 0.05) is 5.56 Å². The molecule has 0 saturated carbocycles. The maximum atomic E-state index is 12.0. The van der Waals surface area contributed by atoms with Crippen LogP contribution in [0.4, 0.5) is 0 Å². The molecule has 20 heavy (non-hydrogen) atoms. The molecule has 0 N–H and O–H groups in total. The molecule has 1 aromatic rings. The molecule has 0 aliphatic carbocycles. The minimum atomic E-state index is -1.60. The predicted octanol–water partition coefficient (Wildman–Crippen LogP) is 2.09. The van der Waals surface area contributed by atoms with Gasteiger partial charge in [-0.1, -0.05) is 31.5 Å². The Hall–Kier alpha value is -2.17. The van der Waals surface area contributed by atoms with Gasteiger partial charge in [0.25, 0.3) is 5.54 Å². The summed E-state index contributed by atoms with van der Waals surface area (Å²) in [6.45, 7) is 3.69. The number of unbranched alkanes of at least 4 members (excludes halogenated alkanes) is 1. The number of aliphatic imine (C=N–C) groups is 1. The van der Waals surface area contributed by atoms with Crippen LogP contribution < -0.4 is 0 Å². The Balaban J connectivity index is 2.17. The molecule has 0 unspecified atom stereocenters. The molecular formula is C15H17NO4. The molecule has 0 saturated heterocycles. The Morgan fingerprint density at radius 2 is 2.05 bits per heavy atom. The largest absolute Gasteiger partial charge is 0.463 e. The lowest BCUT2D eigenvalue weighted by molar-refractivity contribution is -0.157. The van der Waals surface area contributed by atoms with Gasteiger partial charge in [-0.05, 0) is 25.5 Å². The predicted molar refractivity (Wildman–Crippen MR) is 73.3 cm³/mol. The molecule has 0 spiro atoms. The quantitative estimate of drug-likeness (QED) is 0.469. The summed E-state index contributed by atoms with van der Waals surface area (Å²) in [5.41, 5.74) is -0.940. The van der Waals surface area contributed by atoms with Crippen LogP contribution in [-0.4, -0.2) is 30.0 Å². The molecule has 0 aromatic heterocycles. The summed E-state index contributed by atoms with van der Waals surface area (Å²) in [4.78, 5) is 28.0. The Morgan fingerprint density at radius 3 is 2.70 bits per heavy atom. The van der Waals surface area contributed by atoms with Crippen molar-refractivity contribution >= 4 is 17.8 Å². The standard InChI is InChI=1S/C15H17NO4/c1-3-4-10-19-13(17)15(2)14(18)20-12(16-15)11-8-6-5-7-9-11/h5-9H,3-4,10H2,1-2H3/t15-/m0/s1. The first-order valence-electron chi connectivity index (χ1n) is 6.62. The smallest absolute Gasteiger partial charge is 0.352 e. The van der Waals surface area contributed by atoms with Crippen LogP contribution in [0.3, 0.4) is 0 Å². The van der Waals surface area contributed by atoms with E-state index in [9.17, 15) is 9.59 Å². The SMILES string of the molecule is CCCCOC(=O)[C@]1(C)N=C(c2ccccc2)OC1=O. The summed E-state index contributed by atoms with van der Waals surface area (Å²) in [6, 6.07) is 8.99. The average Bonchev–Trinajstić information content (AvgIpc) is 2.77. The number of carbonyl (C=O) groups is 2. The average molecular weight is 275 g/mol. The van der Waals surface area contributed by atoms with Gasteiger partial charge < -0.3 is 9.47 Å². The first kappa shape index (κ1) is 14.2. The summed E-state index contributed by atoms with van der Waals surface area (Å²) in [5, 5.41) is 0. The van der Waals surface area contributed by atoms with Crippen LogP contribution in [0, 0.1) is 0 Å². The number of cyclic esters (lactones) is 1. The van der Waals surface area contributed by atoms with Crippen LogP contribution >= 0.6 is 0 Å². The fourth-order valence-electron chi connectivity index (χ4n) is 1.74. The first-order chi connectivity index (χ1) is 9.58. The molecule has 0 radical (unpaired) electrons. The van der Waals surface area contributed by atoms with E-state index in [-0.39, 0.29) is 12.5 Å². The fraction of sp³-hybridized carbons (Fsp3) is 0.400. The Kier molecular flexibility index (Phi) is 4.17. The molecule has 1 atom stereocenters. The van der Waals surface area contributed by atoms with Crippen molar-refractivity contribution in [1.29, 1.82) is 0 Å². The lowest BCUT2D eigenvalue weighted by atomic mass is 10.1. The number of nitrogens with zero attached hydrogens (tertiary/aromatic N) is 1. The second kappa shape index (κ2) is 5.86. The van der Waals surface area contributed by atoms with Crippen LogP contribution in [0.15, 0.2) is 35.3 Å². The third-order valence-corrected chi connectivity index (χ3v) is 3.06. The van der Waals surface area contributed by atoms with E-state index in [0.29, 0.717) is 5.56 Å². The lowest BCUT2D eigenvalue weighted by Gasteiger charge is -2.14. The van der Waals surface area contributed by atoms with Crippen molar-refractivity contribution in [3.63, 3.8) is 0 Å². The van der Waals surface area contributed by atoms with Gasteiger partial charge in [0.05, 0.1) is 6.61 Å². The van der Waals surface area contributed by atoms with Crippen LogP contribution in [-0.2, 0) is 19.1 Å². The fourth-order valence-corrected chi connectivity index (χ4v) is 1.74. The maximum Gasteiger partial charge on any atom is 0.352 e. The number of esters is 2. The van der Waals surface area contributed by atoms with Gasteiger partial charge in [-0.3, -0.25) is 0 Å². The van der Waals surface area contributed by atoms with Crippen molar-refractivity contribution in [1.82, 2.24) is 0 Å². The first-order valence-corrected chi connectivity index (χ1v) is 6.62. The Bertz CT molecular complexity index is 538. The lowest BCUT2D eigenvalue weighted by Crippen LogP contribution is -2.41. The summed E-state index contributed by atoms with van der Waals surface area (Å²) in [5.74, 6) is -1.20. The van der Waals surface area contributed by atoms with Crippen LogP contribution in [0.5, 0.6) is 0 Å². The van der Waals surface area contributed by atoms with E-state index < -0.39 is 17.5 Å². The zero-order chi connectivity index (χ0) is 14.6. The third-order valence-electron chi connectivity index (χ3n) is 3.06. The van der Waals surface area contributed by atoms with Crippen LogP contribution in [0.1, 0.15) is 32.3 Å². The minimum Gasteiger partial charge on any atom is -0.463 e. The van der Waals surface area contributed by atoms with Gasteiger partial charge in [0.2, 0.25) is 5.90 Å². The van der Waals surface area contributed by atoms with E-state index >= 15 is 0 Å². The van der Waals surface area contributed by atoms with Gasteiger partial charge in [0.1, 0.15) is 0 Å². The van der Waals surface area contributed by atoms with Crippen molar-refractivity contribution in [2.24, 2.45) is 4.99 Å². The zero-order valence-corrected chi connectivity index (χ0v) is 11.6. The highest BCUT2D eigenvalue weighted by Crippen LogP contribution is 2.24. The molecule has 1 aromatic carbocycles. The highest BCUT2D eigenvalue weighted by molar-refractivity contribution is 6.16. The van der Waals surface area contributed by atoms with Crippen LogP contribution in [0.2, 0.25) is 0 Å². The molecule has 0 amide bonds. The second-order valence-electron chi connectivity index (χ2n) is 4.73. The number of hydrogen-bond donors (Lipinski definition) is 0. The summed E-state index contributed by atoms with van der Waals surface area (Å²) < 4.78 is 10.2. The molecule has 0 fully saturated rings. The summed E-state index contributed by atoms with van der Waals surface area (Å²) >= 11 is 0. The van der Waals surface area contributed by atoms with Crippen molar-refractivity contribution in [3.8, 4) is 0 Å². The van der Waals surface area contributed by atoms with Gasteiger partial charge in [-0.25, -0.2) is 14.6 Å². The van der Waals surface area contributed by atoms with E-state index in [4.69, 9.17) is 9.47 Å². The molecule has 1 heterocycles. The van der Waals surface area contributed by atoms with E-state index in [1.54, 1.807) is 24.3 Å². The van der Waals surface area contributed by atoms with E-state index in [2.05, 4.69) is 4.99 Å². The molecular weight excluding hydrogens is 258 g/mol. The van der Waals surface area contributed by atoms with Crippen molar-refractivity contribution in [2.45, 2.75) is 32.2 Å². The second-order valence-corrected chi connectivity index (χ2v) is 4.73.